The minimum Gasteiger partial charge on any atom is -0.492 e. The molecular weight excluding hydrogens is 392 g/mol. The van der Waals surface area contributed by atoms with Gasteiger partial charge < -0.3 is 23.6 Å². The highest BCUT2D eigenvalue weighted by atomic mass is 16.7. The molecule has 2 heterocycles. The number of rotatable bonds is 11. The Morgan fingerprint density at radius 1 is 1.00 bits per heavy atom. The predicted molar refractivity (Wildman–Crippen MR) is 121 cm³/mol. The van der Waals surface area contributed by atoms with Gasteiger partial charge in [0.1, 0.15) is 12.4 Å². The van der Waals surface area contributed by atoms with E-state index in [9.17, 15) is 0 Å². The van der Waals surface area contributed by atoms with Crippen LogP contribution in [-0.4, -0.2) is 31.1 Å². The van der Waals surface area contributed by atoms with Crippen molar-refractivity contribution in [3.63, 3.8) is 0 Å². The number of fused-ring (bicyclic) bond motifs is 1. The molecule has 1 aliphatic rings. The second-order valence-corrected chi connectivity index (χ2v) is 7.50. The third-order valence-electron chi connectivity index (χ3n) is 5.36. The number of nitrogens with one attached hydrogen (secondary N) is 1. The maximum Gasteiger partial charge on any atom is 0.231 e. The maximum atomic E-state index is 6.01. The van der Waals surface area contributed by atoms with E-state index in [1.165, 1.54) is 11.3 Å². The number of hydroxylamine groups is 1. The third kappa shape index (κ3) is 5.40. The quantitative estimate of drug-likeness (QED) is 0.357. The van der Waals surface area contributed by atoms with Gasteiger partial charge in [-0.05, 0) is 74.7 Å². The van der Waals surface area contributed by atoms with Crippen molar-refractivity contribution in [2.75, 3.05) is 26.6 Å². The smallest absolute Gasteiger partial charge is 0.231 e. The fourth-order valence-electron chi connectivity index (χ4n) is 3.72. The summed E-state index contributed by atoms with van der Waals surface area (Å²) in [7, 11) is 0. The minimum atomic E-state index is 0.287. The Hall–Kier alpha value is -2.96. The lowest BCUT2D eigenvalue weighted by molar-refractivity contribution is 0.0505. The first-order chi connectivity index (χ1) is 15.2. The molecule has 0 fully saturated rings. The molecule has 1 aliphatic heterocycles. The van der Waals surface area contributed by atoms with Crippen LogP contribution in [0.4, 0.5) is 0 Å². The van der Waals surface area contributed by atoms with E-state index < -0.39 is 0 Å². The molecule has 3 aromatic rings. The van der Waals surface area contributed by atoms with Crippen molar-refractivity contribution in [3.8, 4) is 28.5 Å². The summed E-state index contributed by atoms with van der Waals surface area (Å²) in [5.74, 6) is 2.49. The van der Waals surface area contributed by atoms with Crippen molar-refractivity contribution < 1.29 is 19.0 Å². The Labute approximate surface area is 183 Å². The van der Waals surface area contributed by atoms with Crippen LogP contribution in [0.15, 0.2) is 54.6 Å². The Balaban J connectivity index is 1.31. The van der Waals surface area contributed by atoms with E-state index in [2.05, 4.69) is 47.3 Å². The van der Waals surface area contributed by atoms with Crippen molar-refractivity contribution in [2.45, 2.75) is 33.2 Å². The van der Waals surface area contributed by atoms with Gasteiger partial charge in [-0.2, -0.15) is 0 Å². The van der Waals surface area contributed by atoms with Gasteiger partial charge in [-0.1, -0.05) is 12.1 Å². The molecule has 0 saturated carbocycles. The monoisotopic (exact) mass is 422 g/mol. The number of ether oxygens (including phenoxy) is 3. The van der Waals surface area contributed by atoms with E-state index in [4.69, 9.17) is 19.0 Å². The molecule has 4 rings (SSSR count). The number of benzene rings is 2. The van der Waals surface area contributed by atoms with Crippen LogP contribution in [0.3, 0.4) is 0 Å². The van der Waals surface area contributed by atoms with Crippen LogP contribution >= 0.6 is 0 Å². The topological polar surface area (TPSA) is 53.9 Å². The molecule has 0 radical (unpaired) electrons. The molecule has 0 saturated heterocycles. The van der Waals surface area contributed by atoms with Crippen molar-refractivity contribution in [3.05, 3.63) is 65.9 Å². The first kappa shape index (κ1) is 21.3. The number of aryl methyl sites for hydroxylation is 2. The molecule has 0 atom stereocenters. The summed E-state index contributed by atoms with van der Waals surface area (Å²) in [4.78, 5) is 5.15. The van der Waals surface area contributed by atoms with Gasteiger partial charge in [-0.25, -0.2) is 5.48 Å². The lowest BCUT2D eigenvalue weighted by Crippen LogP contribution is -2.16. The first-order valence-corrected chi connectivity index (χ1v) is 10.9. The molecular formula is C25H30N2O4. The summed E-state index contributed by atoms with van der Waals surface area (Å²) >= 11 is 0. The summed E-state index contributed by atoms with van der Waals surface area (Å²) in [6, 6.07) is 18.7. The lowest BCUT2D eigenvalue weighted by atomic mass is 10.1. The SMILES string of the molecule is CCONCCCc1ccc(OCCn2c(C)ccc2-c2ccc3c(c2)OCO3)cc1. The van der Waals surface area contributed by atoms with Crippen molar-refractivity contribution >= 4 is 0 Å². The Kier molecular flexibility index (Phi) is 7.12. The van der Waals surface area contributed by atoms with Crippen LogP contribution in [0.5, 0.6) is 17.2 Å². The number of hydrogen-bond acceptors (Lipinski definition) is 5. The van der Waals surface area contributed by atoms with Gasteiger partial charge >= 0.3 is 0 Å². The maximum absolute atomic E-state index is 6.01. The molecule has 0 bridgehead atoms. The normalized spacial score (nSPS) is 12.3. The van der Waals surface area contributed by atoms with Gasteiger partial charge in [-0.3, -0.25) is 0 Å². The van der Waals surface area contributed by atoms with Crippen LogP contribution in [0, 0.1) is 6.92 Å². The first-order valence-electron chi connectivity index (χ1n) is 10.9. The number of aromatic nitrogens is 1. The van der Waals surface area contributed by atoms with Crippen LogP contribution in [0.25, 0.3) is 11.3 Å². The summed E-state index contributed by atoms with van der Waals surface area (Å²) in [6.07, 6.45) is 2.05. The molecule has 2 aromatic carbocycles. The molecule has 0 unspecified atom stereocenters. The van der Waals surface area contributed by atoms with Gasteiger partial charge in [0, 0.05) is 23.5 Å². The second kappa shape index (κ2) is 10.4. The molecule has 1 aromatic heterocycles. The van der Waals surface area contributed by atoms with Gasteiger partial charge in [0.05, 0.1) is 13.2 Å². The highest BCUT2D eigenvalue weighted by molar-refractivity contribution is 5.65. The van der Waals surface area contributed by atoms with E-state index in [0.29, 0.717) is 13.2 Å². The van der Waals surface area contributed by atoms with Crippen molar-refractivity contribution in [1.29, 1.82) is 0 Å². The molecule has 31 heavy (non-hydrogen) atoms. The van der Waals surface area contributed by atoms with E-state index in [1.54, 1.807) is 0 Å². The highest BCUT2D eigenvalue weighted by Crippen LogP contribution is 2.36. The van der Waals surface area contributed by atoms with E-state index >= 15 is 0 Å². The van der Waals surface area contributed by atoms with E-state index in [-0.39, 0.29) is 6.79 Å². The van der Waals surface area contributed by atoms with E-state index in [1.807, 2.05) is 31.2 Å². The highest BCUT2D eigenvalue weighted by Gasteiger charge is 2.16. The third-order valence-corrected chi connectivity index (χ3v) is 5.36. The molecule has 0 aliphatic carbocycles. The Morgan fingerprint density at radius 3 is 2.68 bits per heavy atom. The Morgan fingerprint density at radius 2 is 1.84 bits per heavy atom. The zero-order valence-electron chi connectivity index (χ0n) is 18.2. The summed E-state index contributed by atoms with van der Waals surface area (Å²) < 4.78 is 19.2. The largest absolute Gasteiger partial charge is 0.492 e. The number of hydrogen-bond donors (Lipinski definition) is 1. The molecule has 164 valence electrons. The summed E-state index contributed by atoms with van der Waals surface area (Å²) in [5, 5.41) is 0. The van der Waals surface area contributed by atoms with Gasteiger partial charge in [0.2, 0.25) is 6.79 Å². The fraction of sp³-hybridized carbons (Fsp3) is 0.360. The number of nitrogens with zero attached hydrogens (tertiary/aromatic N) is 1. The molecule has 1 N–H and O–H groups in total. The lowest BCUT2D eigenvalue weighted by Gasteiger charge is -2.14. The molecule has 6 heteroatoms. The zero-order chi connectivity index (χ0) is 21.5. The van der Waals surface area contributed by atoms with Crippen LogP contribution < -0.4 is 19.7 Å². The van der Waals surface area contributed by atoms with Crippen molar-refractivity contribution in [2.24, 2.45) is 0 Å². The van der Waals surface area contributed by atoms with Crippen LogP contribution in [0.1, 0.15) is 24.6 Å². The van der Waals surface area contributed by atoms with Crippen LogP contribution in [-0.2, 0) is 17.8 Å². The van der Waals surface area contributed by atoms with Crippen LogP contribution in [0.2, 0.25) is 0 Å². The summed E-state index contributed by atoms with van der Waals surface area (Å²) in [5.41, 5.74) is 7.71. The molecule has 0 spiro atoms. The van der Waals surface area contributed by atoms with E-state index in [0.717, 1.165) is 54.4 Å². The summed E-state index contributed by atoms with van der Waals surface area (Å²) in [6.45, 7) is 7.29. The standard InChI is InChI=1S/C25H30N2O4/c1-3-31-26-14-4-5-20-7-10-22(11-8-20)28-16-15-27-19(2)6-12-23(27)21-9-13-24-25(17-21)30-18-29-24/h6-13,17,26H,3-5,14-16,18H2,1-2H3. The minimum absolute atomic E-state index is 0.287. The predicted octanol–water partition coefficient (Wildman–Crippen LogP) is 4.74. The Bertz CT molecular complexity index is 982. The molecule has 6 nitrogen and oxygen atoms in total. The van der Waals surface area contributed by atoms with Crippen molar-refractivity contribution in [1.82, 2.24) is 10.0 Å². The van der Waals surface area contributed by atoms with Gasteiger partial charge in [0.15, 0.2) is 11.5 Å². The average Bonchev–Trinajstić information content (AvgIpc) is 3.41. The zero-order valence-corrected chi connectivity index (χ0v) is 18.2. The average molecular weight is 423 g/mol. The second-order valence-electron chi connectivity index (χ2n) is 7.50. The van der Waals surface area contributed by atoms with Gasteiger partial charge in [0.25, 0.3) is 0 Å². The fourth-order valence-corrected chi connectivity index (χ4v) is 3.72. The molecule has 0 amide bonds. The van der Waals surface area contributed by atoms with Gasteiger partial charge in [-0.15, -0.1) is 0 Å².